The zero-order valence-corrected chi connectivity index (χ0v) is 16.4. The maximum atomic E-state index is 14.8. The van der Waals surface area contributed by atoms with E-state index in [2.05, 4.69) is 5.32 Å². The predicted molar refractivity (Wildman–Crippen MR) is 106 cm³/mol. The standard InChI is InChI=1S/C18H23FN4O4S/c1-12(25)20-9-14-10-23(18(28)27-14)13-2-3-16(15(19)8-13)21-4-6-22(7-5-21)17(26)11-24/h2-3,8,14,24H,4-7,9-11H2,1H3,(H,20,25)/t14-/m0/s1. The molecular weight excluding hydrogens is 387 g/mol. The zero-order chi connectivity index (χ0) is 20.3. The number of piperazine rings is 1. The second-order valence-electron chi connectivity index (χ2n) is 6.72. The van der Waals surface area contributed by atoms with Gasteiger partial charge in [0.15, 0.2) is 0 Å². The highest BCUT2D eigenvalue weighted by molar-refractivity contribution is 7.80. The van der Waals surface area contributed by atoms with Crippen LogP contribution in [0.25, 0.3) is 0 Å². The van der Waals surface area contributed by atoms with E-state index >= 15 is 0 Å². The molecule has 2 amide bonds. The van der Waals surface area contributed by atoms with Crippen LogP contribution in [0.5, 0.6) is 0 Å². The molecule has 0 bridgehead atoms. The van der Waals surface area contributed by atoms with E-state index < -0.39 is 6.61 Å². The number of nitrogens with one attached hydrogen (secondary N) is 1. The molecule has 2 aliphatic heterocycles. The van der Waals surface area contributed by atoms with Crippen LogP contribution in [0, 0.1) is 5.82 Å². The van der Waals surface area contributed by atoms with E-state index in [4.69, 9.17) is 22.1 Å². The molecule has 0 aromatic heterocycles. The molecule has 0 unspecified atom stereocenters. The number of ether oxygens (including phenoxy) is 1. The predicted octanol–water partition coefficient (Wildman–Crippen LogP) is 0.0928. The van der Waals surface area contributed by atoms with Crippen LogP contribution in [0.1, 0.15) is 6.92 Å². The molecule has 0 spiro atoms. The summed E-state index contributed by atoms with van der Waals surface area (Å²) >= 11 is 5.23. The number of carbonyl (C=O) groups is 2. The Balaban J connectivity index is 1.64. The van der Waals surface area contributed by atoms with Gasteiger partial charge < -0.3 is 25.0 Å². The highest BCUT2D eigenvalue weighted by atomic mass is 32.1. The first-order chi connectivity index (χ1) is 13.4. The van der Waals surface area contributed by atoms with Crippen LogP contribution in [0.15, 0.2) is 18.2 Å². The van der Waals surface area contributed by atoms with Gasteiger partial charge in [-0.1, -0.05) is 0 Å². The quantitative estimate of drug-likeness (QED) is 0.666. The molecule has 2 aliphatic rings. The number of hydrogen-bond donors (Lipinski definition) is 2. The number of benzene rings is 1. The molecule has 1 aromatic carbocycles. The molecule has 152 valence electrons. The lowest BCUT2D eigenvalue weighted by molar-refractivity contribution is -0.134. The lowest BCUT2D eigenvalue weighted by Crippen LogP contribution is -2.49. The molecular formula is C18H23FN4O4S. The Morgan fingerprint density at radius 3 is 2.64 bits per heavy atom. The van der Waals surface area contributed by atoms with Gasteiger partial charge in [0, 0.05) is 38.8 Å². The Hall–Kier alpha value is -2.46. The number of aliphatic hydroxyl groups excluding tert-OH is 1. The van der Waals surface area contributed by atoms with E-state index in [0.717, 1.165) is 0 Å². The number of halogens is 1. The van der Waals surface area contributed by atoms with E-state index in [1.807, 2.05) is 4.90 Å². The molecule has 10 heteroatoms. The maximum Gasteiger partial charge on any atom is 0.264 e. The van der Waals surface area contributed by atoms with Gasteiger partial charge in [-0.05, 0) is 30.4 Å². The summed E-state index contributed by atoms with van der Waals surface area (Å²) in [6.07, 6.45) is -0.281. The number of aliphatic hydroxyl groups is 1. The molecule has 0 saturated carbocycles. The Morgan fingerprint density at radius 2 is 2.04 bits per heavy atom. The molecule has 2 heterocycles. The number of carbonyl (C=O) groups excluding carboxylic acids is 2. The van der Waals surface area contributed by atoms with Crippen LogP contribution < -0.4 is 15.1 Å². The van der Waals surface area contributed by atoms with Crippen LogP contribution in [-0.2, 0) is 14.3 Å². The number of thiocarbonyl (C=S) groups is 1. The van der Waals surface area contributed by atoms with E-state index in [-0.39, 0.29) is 28.9 Å². The van der Waals surface area contributed by atoms with Crippen molar-refractivity contribution in [2.45, 2.75) is 13.0 Å². The normalized spacial score (nSPS) is 19.6. The minimum Gasteiger partial charge on any atom is -0.464 e. The summed E-state index contributed by atoms with van der Waals surface area (Å²) in [6.45, 7) is 3.55. The fraction of sp³-hybridized carbons (Fsp3) is 0.500. The Labute approximate surface area is 167 Å². The van der Waals surface area contributed by atoms with Gasteiger partial charge in [0.25, 0.3) is 5.17 Å². The third-order valence-electron chi connectivity index (χ3n) is 4.80. The van der Waals surface area contributed by atoms with Gasteiger partial charge in [0.2, 0.25) is 11.8 Å². The Kier molecular flexibility index (Phi) is 6.30. The van der Waals surface area contributed by atoms with Crippen molar-refractivity contribution >= 4 is 40.6 Å². The Morgan fingerprint density at radius 1 is 1.32 bits per heavy atom. The summed E-state index contributed by atoms with van der Waals surface area (Å²) in [6, 6.07) is 4.88. The molecule has 1 aromatic rings. The van der Waals surface area contributed by atoms with Crippen molar-refractivity contribution in [2.24, 2.45) is 0 Å². The van der Waals surface area contributed by atoms with Gasteiger partial charge in [-0.25, -0.2) is 4.39 Å². The van der Waals surface area contributed by atoms with Gasteiger partial charge >= 0.3 is 0 Å². The lowest BCUT2D eigenvalue weighted by Gasteiger charge is -2.36. The molecule has 0 aliphatic carbocycles. The first kappa shape index (κ1) is 20.3. The van der Waals surface area contributed by atoms with Crippen LogP contribution in [0.3, 0.4) is 0 Å². The minimum absolute atomic E-state index is 0.149. The number of anilines is 2. The first-order valence-electron chi connectivity index (χ1n) is 9.04. The summed E-state index contributed by atoms with van der Waals surface area (Å²) in [7, 11) is 0. The molecule has 2 saturated heterocycles. The number of rotatable bonds is 5. The highest BCUT2D eigenvalue weighted by Crippen LogP contribution is 2.28. The van der Waals surface area contributed by atoms with Crippen molar-refractivity contribution in [1.29, 1.82) is 0 Å². The molecule has 2 fully saturated rings. The van der Waals surface area contributed by atoms with E-state index in [1.165, 1.54) is 13.0 Å². The van der Waals surface area contributed by atoms with E-state index in [1.54, 1.807) is 21.9 Å². The van der Waals surface area contributed by atoms with Crippen LogP contribution in [0.2, 0.25) is 0 Å². The second kappa shape index (κ2) is 8.70. The van der Waals surface area contributed by atoms with E-state index in [9.17, 15) is 14.0 Å². The van der Waals surface area contributed by atoms with Crippen molar-refractivity contribution in [3.05, 3.63) is 24.0 Å². The highest BCUT2D eigenvalue weighted by Gasteiger charge is 2.30. The third kappa shape index (κ3) is 4.50. The SMILES string of the molecule is CC(=O)NC[C@H]1CN(c2ccc(N3CCN(C(=O)CO)CC3)c(F)c2)C(=S)O1. The van der Waals surface area contributed by atoms with Crippen molar-refractivity contribution in [2.75, 3.05) is 55.7 Å². The van der Waals surface area contributed by atoms with Crippen molar-refractivity contribution in [1.82, 2.24) is 10.2 Å². The smallest absolute Gasteiger partial charge is 0.264 e. The Bertz CT molecular complexity index is 770. The fourth-order valence-electron chi connectivity index (χ4n) is 3.31. The minimum atomic E-state index is -0.510. The molecule has 0 radical (unpaired) electrons. The number of hydrogen-bond acceptors (Lipinski definition) is 6. The number of nitrogens with zero attached hydrogens (tertiary/aromatic N) is 3. The van der Waals surface area contributed by atoms with Crippen LogP contribution in [-0.4, -0.2) is 79.0 Å². The maximum absolute atomic E-state index is 14.8. The average molecular weight is 410 g/mol. The number of amides is 2. The average Bonchev–Trinajstić information content (AvgIpc) is 3.06. The summed E-state index contributed by atoms with van der Waals surface area (Å²) in [5, 5.41) is 11.9. The fourth-order valence-corrected chi connectivity index (χ4v) is 3.63. The lowest BCUT2D eigenvalue weighted by atomic mass is 10.2. The first-order valence-corrected chi connectivity index (χ1v) is 9.45. The van der Waals surface area contributed by atoms with Gasteiger partial charge in [-0.15, -0.1) is 0 Å². The van der Waals surface area contributed by atoms with Gasteiger partial charge in [-0.3, -0.25) is 14.5 Å². The molecule has 8 nitrogen and oxygen atoms in total. The molecule has 28 heavy (non-hydrogen) atoms. The topological polar surface area (TPSA) is 85.4 Å². The van der Waals surface area contributed by atoms with Crippen molar-refractivity contribution in [3.8, 4) is 0 Å². The summed E-state index contributed by atoms with van der Waals surface area (Å²) in [4.78, 5) is 27.7. The zero-order valence-electron chi connectivity index (χ0n) is 15.6. The summed E-state index contributed by atoms with van der Waals surface area (Å²) in [5.74, 6) is -0.844. The van der Waals surface area contributed by atoms with Gasteiger partial charge in [0.05, 0.1) is 18.8 Å². The molecule has 1 atom stereocenters. The largest absolute Gasteiger partial charge is 0.464 e. The van der Waals surface area contributed by atoms with Crippen molar-refractivity contribution < 1.29 is 23.8 Å². The summed E-state index contributed by atoms with van der Waals surface area (Å²) in [5.41, 5.74) is 1.05. The van der Waals surface area contributed by atoms with Crippen LogP contribution >= 0.6 is 12.2 Å². The molecule has 2 N–H and O–H groups in total. The molecule has 3 rings (SSSR count). The van der Waals surface area contributed by atoms with Crippen molar-refractivity contribution in [3.63, 3.8) is 0 Å². The monoisotopic (exact) mass is 410 g/mol. The summed E-state index contributed by atoms with van der Waals surface area (Å²) < 4.78 is 20.3. The van der Waals surface area contributed by atoms with Gasteiger partial charge in [0.1, 0.15) is 18.5 Å². The van der Waals surface area contributed by atoms with E-state index in [0.29, 0.717) is 50.6 Å². The van der Waals surface area contributed by atoms with Gasteiger partial charge in [-0.2, -0.15) is 0 Å². The third-order valence-corrected chi connectivity index (χ3v) is 5.12. The second-order valence-corrected chi connectivity index (χ2v) is 7.06. The van der Waals surface area contributed by atoms with Crippen LogP contribution in [0.4, 0.5) is 15.8 Å².